The first-order valence-electron chi connectivity index (χ1n) is 8.63. The molecule has 0 saturated carbocycles. The van der Waals surface area contributed by atoms with Gasteiger partial charge in [0.2, 0.25) is 5.91 Å². The molecule has 2 atom stereocenters. The van der Waals surface area contributed by atoms with Gasteiger partial charge in [0, 0.05) is 54.9 Å². The number of rotatable bonds is 6. The van der Waals surface area contributed by atoms with Gasteiger partial charge in [0.25, 0.3) is 0 Å². The number of hydrogen-bond donors (Lipinski definition) is 1. The molecule has 2 heterocycles. The van der Waals surface area contributed by atoms with Crippen molar-refractivity contribution in [2.75, 3.05) is 13.7 Å². The number of nitrogens with one attached hydrogen (secondary N) is 1. The molecule has 0 bridgehead atoms. The SMILES string of the molecule is COc1cc(F)c([C@@H]2CNC(=O)[C@H]2CC(=O)Cc2ccc(C)nc2)c(F)c1. The van der Waals surface area contributed by atoms with Crippen LogP contribution in [0.2, 0.25) is 0 Å². The van der Waals surface area contributed by atoms with E-state index >= 15 is 0 Å². The van der Waals surface area contributed by atoms with Crippen LogP contribution in [0, 0.1) is 24.5 Å². The van der Waals surface area contributed by atoms with Crippen molar-refractivity contribution in [1.29, 1.82) is 0 Å². The van der Waals surface area contributed by atoms with E-state index in [1.807, 2.05) is 6.92 Å². The normalized spacial score (nSPS) is 19.0. The number of Topliss-reactive ketones (excluding diaryl/α,β-unsaturated/α-hetero) is 1. The minimum Gasteiger partial charge on any atom is -0.497 e. The molecule has 0 unspecified atom stereocenters. The van der Waals surface area contributed by atoms with Crippen molar-refractivity contribution in [3.8, 4) is 5.75 Å². The van der Waals surface area contributed by atoms with Gasteiger partial charge in [-0.2, -0.15) is 0 Å². The number of aryl methyl sites for hydroxylation is 1. The van der Waals surface area contributed by atoms with E-state index in [9.17, 15) is 18.4 Å². The predicted octanol–water partition coefficient (Wildman–Crippen LogP) is 2.71. The average Bonchev–Trinajstić information content (AvgIpc) is 2.97. The molecule has 2 aromatic rings. The topological polar surface area (TPSA) is 68.3 Å². The molecule has 1 N–H and O–H groups in total. The van der Waals surface area contributed by atoms with E-state index in [2.05, 4.69) is 10.3 Å². The zero-order valence-corrected chi connectivity index (χ0v) is 15.1. The minimum absolute atomic E-state index is 0.0607. The van der Waals surface area contributed by atoms with Crippen LogP contribution in [-0.4, -0.2) is 30.3 Å². The summed E-state index contributed by atoms with van der Waals surface area (Å²) in [4.78, 5) is 28.8. The smallest absolute Gasteiger partial charge is 0.224 e. The summed E-state index contributed by atoms with van der Waals surface area (Å²) in [6, 6.07) is 5.77. The molecular formula is C20H20F2N2O3. The van der Waals surface area contributed by atoms with E-state index in [1.54, 1.807) is 18.3 Å². The number of halogens is 2. The van der Waals surface area contributed by atoms with Gasteiger partial charge in [0.1, 0.15) is 23.2 Å². The van der Waals surface area contributed by atoms with Crippen LogP contribution in [0.1, 0.15) is 29.2 Å². The Morgan fingerprint density at radius 3 is 2.59 bits per heavy atom. The number of hydrogen-bond acceptors (Lipinski definition) is 4. The third-order valence-corrected chi connectivity index (χ3v) is 4.80. The van der Waals surface area contributed by atoms with Crippen molar-refractivity contribution in [1.82, 2.24) is 10.3 Å². The molecule has 5 nitrogen and oxygen atoms in total. The lowest BCUT2D eigenvalue weighted by molar-refractivity contribution is -0.127. The molecule has 0 aliphatic carbocycles. The second kappa shape index (κ2) is 7.82. The summed E-state index contributed by atoms with van der Waals surface area (Å²) in [5, 5.41) is 2.61. The summed E-state index contributed by atoms with van der Waals surface area (Å²) in [6.07, 6.45) is 1.65. The fraction of sp³-hybridized carbons (Fsp3) is 0.350. The predicted molar refractivity (Wildman–Crippen MR) is 94.5 cm³/mol. The summed E-state index contributed by atoms with van der Waals surface area (Å²) in [6.45, 7) is 1.93. The van der Waals surface area contributed by atoms with Gasteiger partial charge in [-0.05, 0) is 18.6 Å². The van der Waals surface area contributed by atoms with E-state index in [-0.39, 0.29) is 42.4 Å². The monoisotopic (exact) mass is 374 g/mol. The fourth-order valence-electron chi connectivity index (χ4n) is 3.39. The van der Waals surface area contributed by atoms with Crippen molar-refractivity contribution in [3.05, 3.63) is 58.9 Å². The molecule has 1 aliphatic rings. The standard InChI is InChI=1S/C20H20F2N2O3/c1-11-3-4-12(9-23-11)5-13(25)6-15-16(10-24-20(15)26)19-17(21)7-14(27-2)8-18(19)22/h3-4,7-9,15-16H,5-6,10H2,1-2H3,(H,24,26)/t15-,16+/m0/s1. The van der Waals surface area contributed by atoms with Crippen LogP contribution in [0.3, 0.4) is 0 Å². The lowest BCUT2D eigenvalue weighted by Crippen LogP contribution is -2.23. The van der Waals surface area contributed by atoms with E-state index < -0.39 is 23.5 Å². The van der Waals surface area contributed by atoms with Crippen LogP contribution in [0.5, 0.6) is 5.75 Å². The van der Waals surface area contributed by atoms with Crippen LogP contribution < -0.4 is 10.1 Å². The number of carbonyl (C=O) groups excluding carboxylic acids is 2. The third kappa shape index (κ3) is 4.13. The molecule has 1 fully saturated rings. The molecule has 0 radical (unpaired) electrons. The van der Waals surface area contributed by atoms with Crippen LogP contribution in [0.25, 0.3) is 0 Å². The number of pyridine rings is 1. The second-order valence-corrected chi connectivity index (χ2v) is 6.69. The molecule has 1 saturated heterocycles. The lowest BCUT2D eigenvalue weighted by atomic mass is 9.84. The highest BCUT2D eigenvalue weighted by Crippen LogP contribution is 2.36. The molecule has 7 heteroatoms. The molecule has 1 amide bonds. The summed E-state index contributed by atoms with van der Waals surface area (Å²) in [7, 11) is 1.32. The third-order valence-electron chi connectivity index (χ3n) is 4.80. The average molecular weight is 374 g/mol. The number of amides is 1. The molecule has 1 aromatic heterocycles. The molecule has 1 aromatic carbocycles. The highest BCUT2D eigenvalue weighted by molar-refractivity contribution is 5.90. The Morgan fingerprint density at radius 1 is 1.30 bits per heavy atom. The minimum atomic E-state index is -0.812. The van der Waals surface area contributed by atoms with Crippen LogP contribution in [0.15, 0.2) is 30.5 Å². The van der Waals surface area contributed by atoms with E-state index in [4.69, 9.17) is 4.74 Å². The largest absolute Gasteiger partial charge is 0.497 e. The molecule has 0 spiro atoms. The van der Waals surface area contributed by atoms with Gasteiger partial charge in [0.15, 0.2) is 0 Å². The van der Waals surface area contributed by atoms with Crippen molar-refractivity contribution >= 4 is 11.7 Å². The highest BCUT2D eigenvalue weighted by Gasteiger charge is 2.39. The Morgan fingerprint density at radius 2 is 2.00 bits per heavy atom. The number of carbonyl (C=O) groups is 2. The van der Waals surface area contributed by atoms with Gasteiger partial charge >= 0.3 is 0 Å². The Kier molecular flexibility index (Phi) is 5.48. The zero-order chi connectivity index (χ0) is 19.6. The Labute approximate surface area is 155 Å². The van der Waals surface area contributed by atoms with Crippen molar-refractivity contribution in [2.45, 2.75) is 25.7 Å². The maximum Gasteiger partial charge on any atom is 0.224 e. The van der Waals surface area contributed by atoms with Crippen molar-refractivity contribution < 1.29 is 23.1 Å². The fourth-order valence-corrected chi connectivity index (χ4v) is 3.39. The molecule has 1 aliphatic heterocycles. The van der Waals surface area contributed by atoms with E-state index in [0.29, 0.717) is 0 Å². The molecule has 142 valence electrons. The summed E-state index contributed by atoms with van der Waals surface area (Å²) in [5.41, 5.74) is 1.39. The number of aromatic nitrogens is 1. The quantitative estimate of drug-likeness (QED) is 0.844. The van der Waals surface area contributed by atoms with Gasteiger partial charge in [-0.3, -0.25) is 14.6 Å². The van der Waals surface area contributed by atoms with Gasteiger partial charge in [-0.15, -0.1) is 0 Å². The Hall–Kier alpha value is -2.83. The van der Waals surface area contributed by atoms with E-state index in [1.165, 1.54) is 7.11 Å². The maximum atomic E-state index is 14.4. The molecule has 27 heavy (non-hydrogen) atoms. The first kappa shape index (κ1) is 18.9. The second-order valence-electron chi connectivity index (χ2n) is 6.69. The number of benzene rings is 1. The highest BCUT2D eigenvalue weighted by atomic mass is 19.1. The first-order chi connectivity index (χ1) is 12.9. The number of ketones is 1. The van der Waals surface area contributed by atoms with Crippen molar-refractivity contribution in [2.24, 2.45) is 5.92 Å². The van der Waals surface area contributed by atoms with Gasteiger partial charge in [-0.25, -0.2) is 8.78 Å². The first-order valence-corrected chi connectivity index (χ1v) is 8.63. The van der Waals surface area contributed by atoms with Crippen LogP contribution >= 0.6 is 0 Å². The number of nitrogens with zero attached hydrogens (tertiary/aromatic N) is 1. The summed E-state index contributed by atoms with van der Waals surface area (Å²) < 4.78 is 33.7. The van der Waals surface area contributed by atoms with Crippen molar-refractivity contribution in [3.63, 3.8) is 0 Å². The number of methoxy groups -OCH3 is 1. The summed E-state index contributed by atoms with van der Waals surface area (Å²) in [5.74, 6) is -3.61. The summed E-state index contributed by atoms with van der Waals surface area (Å²) >= 11 is 0. The zero-order valence-electron chi connectivity index (χ0n) is 15.1. The molecule has 3 rings (SSSR count). The van der Waals surface area contributed by atoms with Gasteiger partial charge in [0.05, 0.1) is 13.0 Å². The van der Waals surface area contributed by atoms with Gasteiger partial charge < -0.3 is 10.1 Å². The Balaban J connectivity index is 1.78. The maximum absolute atomic E-state index is 14.4. The van der Waals surface area contributed by atoms with Crippen LogP contribution in [0.4, 0.5) is 8.78 Å². The number of ether oxygens (including phenoxy) is 1. The lowest BCUT2D eigenvalue weighted by Gasteiger charge is -2.18. The van der Waals surface area contributed by atoms with Crippen LogP contribution in [-0.2, 0) is 16.0 Å². The Bertz CT molecular complexity index is 845. The molecular weight excluding hydrogens is 354 g/mol. The van der Waals surface area contributed by atoms with Gasteiger partial charge in [-0.1, -0.05) is 6.07 Å². The van der Waals surface area contributed by atoms with E-state index in [0.717, 1.165) is 23.4 Å².